The van der Waals surface area contributed by atoms with E-state index in [0.29, 0.717) is 10.5 Å². The van der Waals surface area contributed by atoms with Gasteiger partial charge in [-0.15, -0.1) is 0 Å². The Morgan fingerprint density at radius 2 is 1.78 bits per heavy atom. The van der Waals surface area contributed by atoms with Gasteiger partial charge >= 0.3 is 0 Å². The highest BCUT2D eigenvalue weighted by atomic mass is 32.2. The Kier molecular flexibility index (Phi) is 5.29. The number of benzene rings is 1. The molecule has 0 fully saturated rings. The van der Waals surface area contributed by atoms with Crippen LogP contribution in [0.2, 0.25) is 0 Å². The van der Waals surface area contributed by atoms with Crippen molar-refractivity contribution >= 4 is 10.0 Å². The second-order valence-electron chi connectivity index (χ2n) is 5.85. The zero-order valence-corrected chi connectivity index (χ0v) is 14.7. The second-order valence-corrected chi connectivity index (χ2v) is 7.55. The molecule has 2 aromatic rings. The van der Waals surface area contributed by atoms with Crippen molar-refractivity contribution < 1.29 is 17.9 Å². The maximum atomic E-state index is 12.6. The summed E-state index contributed by atoms with van der Waals surface area (Å²) in [5, 5.41) is 9.98. The number of aliphatic hydroxyl groups is 1. The minimum absolute atomic E-state index is 0.153. The number of sulfonamides is 1. The first-order valence-electron chi connectivity index (χ1n) is 7.51. The van der Waals surface area contributed by atoms with Crippen LogP contribution < -0.4 is 4.72 Å². The van der Waals surface area contributed by atoms with E-state index in [1.54, 1.807) is 6.07 Å². The van der Waals surface area contributed by atoms with Gasteiger partial charge in [0.15, 0.2) is 0 Å². The molecule has 0 saturated carbocycles. The lowest BCUT2D eigenvalue weighted by atomic mass is 10.0. The lowest BCUT2D eigenvalue weighted by Gasteiger charge is -2.16. The molecule has 0 aliphatic rings. The molecule has 6 heteroatoms. The maximum absolute atomic E-state index is 12.6. The largest absolute Gasteiger partial charge is 0.472 e. The van der Waals surface area contributed by atoms with E-state index >= 15 is 0 Å². The van der Waals surface area contributed by atoms with Crippen LogP contribution in [0.5, 0.6) is 0 Å². The predicted molar refractivity (Wildman–Crippen MR) is 88.9 cm³/mol. The number of furan rings is 1. The van der Waals surface area contributed by atoms with Gasteiger partial charge in [-0.05, 0) is 62.4 Å². The van der Waals surface area contributed by atoms with Gasteiger partial charge in [0.2, 0.25) is 10.0 Å². The first-order valence-corrected chi connectivity index (χ1v) is 8.99. The number of aliphatic hydroxyl groups excluding tert-OH is 1. The van der Waals surface area contributed by atoms with E-state index < -0.39 is 16.1 Å². The third kappa shape index (κ3) is 3.83. The van der Waals surface area contributed by atoms with Crippen LogP contribution in [-0.4, -0.2) is 20.1 Å². The normalized spacial score (nSPS) is 13.3. The van der Waals surface area contributed by atoms with Crippen LogP contribution in [0.15, 0.2) is 34.0 Å². The average molecular weight is 337 g/mol. The summed E-state index contributed by atoms with van der Waals surface area (Å²) in [4.78, 5) is 0.341. The zero-order valence-electron chi connectivity index (χ0n) is 13.9. The molecule has 0 spiro atoms. The standard InChI is InChI=1S/C17H23NO4S/c1-11-9-12(2)14(4)17(13(11)3)23(20,21)18-7-5-16(19)15-6-8-22-10-15/h6,8-10,16,18-19H,5,7H2,1-4H3. The summed E-state index contributed by atoms with van der Waals surface area (Å²) < 4.78 is 32.8. The van der Waals surface area contributed by atoms with Crippen molar-refractivity contribution in [2.24, 2.45) is 0 Å². The Hall–Kier alpha value is -1.63. The number of nitrogens with one attached hydrogen (secondary N) is 1. The first kappa shape index (κ1) is 17.7. The Morgan fingerprint density at radius 1 is 1.17 bits per heavy atom. The van der Waals surface area contributed by atoms with Crippen molar-refractivity contribution in [2.75, 3.05) is 6.54 Å². The Labute approximate surface area is 137 Å². The van der Waals surface area contributed by atoms with E-state index in [9.17, 15) is 13.5 Å². The fraction of sp³-hybridized carbons (Fsp3) is 0.412. The Morgan fingerprint density at radius 3 is 2.30 bits per heavy atom. The maximum Gasteiger partial charge on any atom is 0.241 e. The van der Waals surface area contributed by atoms with Crippen LogP contribution in [0.4, 0.5) is 0 Å². The van der Waals surface area contributed by atoms with Crippen LogP contribution in [0.25, 0.3) is 0 Å². The van der Waals surface area contributed by atoms with E-state index in [2.05, 4.69) is 4.72 Å². The van der Waals surface area contributed by atoms with Crippen LogP contribution in [0.3, 0.4) is 0 Å². The molecule has 2 N–H and O–H groups in total. The minimum atomic E-state index is -3.62. The highest BCUT2D eigenvalue weighted by molar-refractivity contribution is 7.89. The van der Waals surface area contributed by atoms with Gasteiger partial charge in [-0.3, -0.25) is 0 Å². The monoisotopic (exact) mass is 337 g/mol. The van der Waals surface area contributed by atoms with Gasteiger partial charge in [0.1, 0.15) is 0 Å². The summed E-state index contributed by atoms with van der Waals surface area (Å²) in [7, 11) is -3.62. The molecule has 1 unspecified atom stereocenters. The Balaban J connectivity index is 2.14. The summed E-state index contributed by atoms with van der Waals surface area (Å²) in [5.74, 6) is 0. The summed E-state index contributed by atoms with van der Waals surface area (Å²) in [5.41, 5.74) is 4.06. The highest BCUT2D eigenvalue weighted by Crippen LogP contribution is 2.26. The molecule has 1 heterocycles. The predicted octanol–water partition coefficient (Wildman–Crippen LogP) is 2.92. The van der Waals surface area contributed by atoms with Gasteiger partial charge < -0.3 is 9.52 Å². The van der Waals surface area contributed by atoms with E-state index in [1.807, 2.05) is 33.8 Å². The number of rotatable bonds is 6. The molecular weight excluding hydrogens is 314 g/mol. The highest BCUT2D eigenvalue weighted by Gasteiger charge is 2.22. The molecule has 1 aromatic carbocycles. The van der Waals surface area contributed by atoms with Crippen LogP contribution in [0, 0.1) is 27.7 Å². The van der Waals surface area contributed by atoms with Gasteiger partial charge in [-0.1, -0.05) is 6.07 Å². The van der Waals surface area contributed by atoms with E-state index in [1.165, 1.54) is 12.5 Å². The molecule has 0 saturated heterocycles. The lowest BCUT2D eigenvalue weighted by molar-refractivity contribution is 0.168. The second kappa shape index (κ2) is 6.86. The fourth-order valence-corrected chi connectivity index (χ4v) is 4.28. The van der Waals surface area contributed by atoms with E-state index in [-0.39, 0.29) is 13.0 Å². The molecule has 0 amide bonds. The van der Waals surface area contributed by atoms with Crippen molar-refractivity contribution in [3.8, 4) is 0 Å². The van der Waals surface area contributed by atoms with Gasteiger partial charge in [0.25, 0.3) is 0 Å². The molecule has 0 bridgehead atoms. The molecule has 1 aromatic heterocycles. The molecular formula is C17H23NO4S. The molecule has 126 valence electrons. The van der Waals surface area contributed by atoms with Gasteiger partial charge in [0, 0.05) is 12.1 Å². The third-order valence-corrected chi connectivity index (χ3v) is 5.94. The molecule has 0 radical (unpaired) electrons. The van der Waals surface area contributed by atoms with Crippen molar-refractivity contribution in [3.63, 3.8) is 0 Å². The zero-order chi connectivity index (χ0) is 17.2. The van der Waals surface area contributed by atoms with E-state index in [4.69, 9.17) is 4.42 Å². The smallest absolute Gasteiger partial charge is 0.241 e. The van der Waals surface area contributed by atoms with Crippen LogP contribution in [-0.2, 0) is 10.0 Å². The van der Waals surface area contributed by atoms with Gasteiger partial charge in [-0.2, -0.15) is 0 Å². The SMILES string of the molecule is Cc1cc(C)c(C)c(S(=O)(=O)NCCC(O)c2ccoc2)c1C. The van der Waals surface area contributed by atoms with Gasteiger partial charge in [-0.25, -0.2) is 13.1 Å². The average Bonchev–Trinajstić information content (AvgIpc) is 2.99. The molecule has 1 atom stereocenters. The number of aryl methyl sites for hydroxylation is 2. The Bertz CT molecular complexity index is 753. The van der Waals surface area contributed by atoms with Crippen molar-refractivity contribution in [1.29, 1.82) is 0 Å². The van der Waals surface area contributed by atoms with Crippen LogP contribution in [0.1, 0.15) is 40.3 Å². The molecule has 5 nitrogen and oxygen atoms in total. The van der Waals surface area contributed by atoms with Crippen molar-refractivity contribution in [2.45, 2.75) is 45.1 Å². The molecule has 23 heavy (non-hydrogen) atoms. The molecule has 0 aliphatic carbocycles. The van der Waals surface area contributed by atoms with Gasteiger partial charge in [0.05, 0.1) is 23.5 Å². The summed E-state index contributed by atoms with van der Waals surface area (Å²) >= 11 is 0. The fourth-order valence-electron chi connectivity index (χ4n) is 2.62. The number of hydrogen-bond acceptors (Lipinski definition) is 4. The molecule has 2 rings (SSSR count). The quantitative estimate of drug-likeness (QED) is 0.849. The van der Waals surface area contributed by atoms with Crippen molar-refractivity contribution in [3.05, 3.63) is 52.5 Å². The topological polar surface area (TPSA) is 79.5 Å². The van der Waals surface area contributed by atoms with Crippen LogP contribution >= 0.6 is 0 Å². The summed E-state index contributed by atoms with van der Waals surface area (Å²) in [6.45, 7) is 7.60. The third-order valence-electron chi connectivity index (χ3n) is 4.20. The summed E-state index contributed by atoms with van der Waals surface area (Å²) in [6.07, 6.45) is 2.46. The van der Waals surface area contributed by atoms with Crippen molar-refractivity contribution in [1.82, 2.24) is 4.72 Å². The van der Waals surface area contributed by atoms with E-state index in [0.717, 1.165) is 22.3 Å². The summed E-state index contributed by atoms with van der Waals surface area (Å²) in [6, 6.07) is 3.66. The first-order chi connectivity index (χ1) is 10.7. The lowest BCUT2D eigenvalue weighted by Crippen LogP contribution is -2.27. The minimum Gasteiger partial charge on any atom is -0.472 e. The number of hydrogen-bond donors (Lipinski definition) is 2. The molecule has 0 aliphatic heterocycles.